The summed E-state index contributed by atoms with van der Waals surface area (Å²) in [6, 6.07) is 48.2. The van der Waals surface area contributed by atoms with Crippen LogP contribution in [0.1, 0.15) is 33.4 Å². The van der Waals surface area contributed by atoms with Crippen molar-refractivity contribution < 1.29 is 29.4 Å². The maximum Gasteiger partial charge on any atom is 0.488 e. The monoisotopic (exact) mass is 976 g/mol. The third-order valence-corrected chi connectivity index (χ3v) is 11.3. The number of nitro groups is 2. The number of halogens is 1. The number of pyridine rings is 2. The summed E-state index contributed by atoms with van der Waals surface area (Å²) in [7, 11) is -1.52. The fourth-order valence-corrected chi connectivity index (χ4v) is 7.37. The van der Waals surface area contributed by atoms with Crippen molar-refractivity contribution in [3.63, 3.8) is 0 Å². The van der Waals surface area contributed by atoms with Gasteiger partial charge in [-0.05, 0) is 150 Å². The molecular formula is C52H46BBrN4O10. The van der Waals surface area contributed by atoms with Crippen LogP contribution in [0.15, 0.2) is 184 Å². The van der Waals surface area contributed by atoms with Crippen molar-refractivity contribution >= 4 is 39.9 Å². The van der Waals surface area contributed by atoms with Crippen LogP contribution in [0.2, 0.25) is 0 Å². The van der Waals surface area contributed by atoms with Gasteiger partial charge in [0.25, 0.3) is 22.5 Å². The molecule has 0 aliphatic heterocycles. The van der Waals surface area contributed by atoms with Crippen molar-refractivity contribution in [1.82, 2.24) is 9.13 Å². The lowest BCUT2D eigenvalue weighted by Gasteiger charge is -2.15. The molecule has 2 heterocycles. The van der Waals surface area contributed by atoms with E-state index in [9.17, 15) is 29.8 Å². The first-order chi connectivity index (χ1) is 32.5. The van der Waals surface area contributed by atoms with Crippen LogP contribution in [0.25, 0.3) is 11.3 Å². The van der Waals surface area contributed by atoms with Crippen LogP contribution < -0.4 is 26.1 Å². The van der Waals surface area contributed by atoms with Crippen LogP contribution in [0, 0.1) is 47.9 Å². The number of nitrogens with zero attached hydrogens (tertiary/aromatic N) is 4. The van der Waals surface area contributed by atoms with E-state index < -0.39 is 17.0 Å². The Morgan fingerprint density at radius 3 is 1.34 bits per heavy atom. The third-order valence-electron chi connectivity index (χ3n) is 10.6. The smallest absolute Gasteiger partial charge is 0.457 e. The minimum atomic E-state index is -1.52. The summed E-state index contributed by atoms with van der Waals surface area (Å²) in [5, 5.41) is 39.1. The quantitative estimate of drug-likeness (QED) is 0.0516. The molecule has 0 aliphatic rings. The summed E-state index contributed by atoms with van der Waals surface area (Å²) >= 11 is 3.41. The predicted molar refractivity (Wildman–Crippen MR) is 267 cm³/mol. The van der Waals surface area contributed by atoms with E-state index in [-0.39, 0.29) is 22.5 Å². The lowest BCUT2D eigenvalue weighted by molar-refractivity contribution is -0.385. The number of hydrogen-bond donors (Lipinski definition) is 2. The Hall–Kier alpha value is -7.92. The van der Waals surface area contributed by atoms with Gasteiger partial charge in [0.2, 0.25) is 0 Å². The molecule has 0 saturated heterocycles. The van der Waals surface area contributed by atoms with Gasteiger partial charge in [0.05, 0.1) is 33.2 Å². The highest BCUT2D eigenvalue weighted by atomic mass is 79.9. The van der Waals surface area contributed by atoms with E-state index in [1.807, 2.05) is 36.4 Å². The minimum Gasteiger partial charge on any atom is -0.457 e. The van der Waals surface area contributed by atoms with Gasteiger partial charge in [-0.1, -0.05) is 71.8 Å². The largest absolute Gasteiger partial charge is 0.488 e. The van der Waals surface area contributed by atoms with E-state index in [4.69, 9.17) is 19.5 Å². The normalized spacial score (nSPS) is 10.5. The van der Waals surface area contributed by atoms with Crippen LogP contribution in [-0.4, -0.2) is 36.1 Å². The number of nitro benzene ring substituents is 2. The molecular weight excluding hydrogens is 931 g/mol. The van der Waals surface area contributed by atoms with Crippen molar-refractivity contribution in [3.05, 3.63) is 249 Å². The number of rotatable bonds is 12. The number of ether oxygens (including phenoxy) is 2. The fourth-order valence-electron chi connectivity index (χ4n) is 6.92. The number of non-ortho nitro benzene ring substituents is 2. The van der Waals surface area contributed by atoms with Gasteiger partial charge in [-0.15, -0.1) is 0 Å². The van der Waals surface area contributed by atoms with Gasteiger partial charge in [0.1, 0.15) is 23.0 Å². The fraction of sp³-hybridized carbons (Fsp3) is 0.115. The van der Waals surface area contributed by atoms with Crippen molar-refractivity contribution in [2.24, 2.45) is 0 Å². The molecule has 14 nitrogen and oxygen atoms in total. The molecule has 16 heteroatoms. The highest BCUT2D eigenvalue weighted by Gasteiger charge is 2.13. The second-order valence-electron chi connectivity index (χ2n) is 15.6. The summed E-state index contributed by atoms with van der Waals surface area (Å²) in [6.07, 6.45) is 0. The lowest BCUT2D eigenvalue weighted by atomic mass is 9.80. The summed E-state index contributed by atoms with van der Waals surface area (Å²) in [5.74, 6) is 2.07. The molecule has 0 saturated carbocycles. The highest BCUT2D eigenvalue weighted by Crippen LogP contribution is 2.28. The topological polar surface area (TPSA) is 189 Å². The van der Waals surface area contributed by atoms with Crippen molar-refractivity contribution in [2.45, 2.75) is 40.8 Å². The zero-order valence-electron chi connectivity index (χ0n) is 37.5. The maximum absolute atomic E-state index is 12.7. The molecule has 0 fully saturated rings. The summed E-state index contributed by atoms with van der Waals surface area (Å²) < 4.78 is 15.5. The summed E-state index contributed by atoms with van der Waals surface area (Å²) in [6.45, 7) is 9.34. The van der Waals surface area contributed by atoms with Crippen molar-refractivity contribution in [1.29, 1.82) is 0 Å². The second-order valence-corrected chi connectivity index (χ2v) is 16.5. The Balaban J connectivity index is 0.000000181. The van der Waals surface area contributed by atoms with E-state index >= 15 is 0 Å². The van der Waals surface area contributed by atoms with E-state index in [0.29, 0.717) is 41.6 Å². The first kappa shape index (κ1) is 49.5. The van der Waals surface area contributed by atoms with Crippen LogP contribution in [-0.2, 0) is 13.1 Å². The molecule has 8 aromatic rings. The van der Waals surface area contributed by atoms with Gasteiger partial charge in [0, 0.05) is 36.4 Å². The lowest BCUT2D eigenvalue weighted by Crippen LogP contribution is -2.29. The zero-order chi connectivity index (χ0) is 48.9. The van der Waals surface area contributed by atoms with Crippen molar-refractivity contribution in [2.75, 3.05) is 0 Å². The van der Waals surface area contributed by atoms with Gasteiger partial charge in [-0.2, -0.15) is 0 Å². The molecule has 6 aromatic carbocycles. The van der Waals surface area contributed by atoms with Gasteiger partial charge in [-0.3, -0.25) is 34.4 Å². The van der Waals surface area contributed by atoms with Crippen LogP contribution >= 0.6 is 15.9 Å². The van der Waals surface area contributed by atoms with Gasteiger partial charge >= 0.3 is 7.12 Å². The molecule has 0 atom stereocenters. The molecule has 0 unspecified atom stereocenters. The molecule has 2 N–H and O–H groups in total. The Kier molecular flexibility index (Phi) is 16.8. The van der Waals surface area contributed by atoms with Gasteiger partial charge in [0.15, 0.2) is 0 Å². The van der Waals surface area contributed by atoms with E-state index in [1.165, 1.54) is 70.8 Å². The average molecular weight is 978 g/mol. The number of benzene rings is 6. The standard InChI is InChI=1S/C26H22N2O4.C14H14BrNO.C12H10BNO5/c1-18-6-7-21(19(2)16-18)17-27-25(4-3-5-26(27)29)20-8-12-23(13-9-20)32-24-14-10-22(11-15-24)28(30)31;1-10-6-7-12(11(2)8-10)9-16-13(15)4-3-5-14(16)17;15-13(16)9-1-5-11(6-2-9)19-12-7-3-10(4-8-12)14(17)18/h3-16H,17H2,1-2H3;3-8H,9H2,1-2H3;1-8,15-16H. The minimum absolute atomic E-state index is 0.00824. The van der Waals surface area contributed by atoms with Gasteiger partial charge in [-0.25, -0.2) is 0 Å². The third kappa shape index (κ3) is 13.6. The SMILES string of the molecule is Cc1ccc(Cn2c(-c3ccc(Oc4ccc([N+](=O)[O-])cc4)cc3)cccc2=O)c(C)c1.Cc1ccc(Cn2c(Br)cccc2=O)c(C)c1.O=[N+]([O-])c1ccc(Oc2ccc(B(O)O)cc2)cc1. The first-order valence-electron chi connectivity index (χ1n) is 21.1. The summed E-state index contributed by atoms with van der Waals surface area (Å²) in [5.41, 5.74) is 9.09. The number of aromatic nitrogens is 2. The highest BCUT2D eigenvalue weighted by molar-refractivity contribution is 9.10. The Morgan fingerprint density at radius 2 is 0.926 bits per heavy atom. The first-order valence-corrected chi connectivity index (χ1v) is 21.9. The molecule has 0 aliphatic carbocycles. The molecule has 2 aromatic heterocycles. The Labute approximate surface area is 400 Å². The molecule has 68 heavy (non-hydrogen) atoms. The number of hydrogen-bond acceptors (Lipinski definition) is 10. The van der Waals surface area contributed by atoms with Crippen LogP contribution in [0.4, 0.5) is 11.4 Å². The molecule has 0 spiro atoms. The Morgan fingerprint density at radius 1 is 0.529 bits per heavy atom. The van der Waals surface area contributed by atoms with E-state index in [1.54, 1.807) is 57.7 Å². The molecule has 0 bridgehead atoms. The zero-order valence-corrected chi connectivity index (χ0v) is 39.1. The maximum atomic E-state index is 12.7. The number of aryl methyl sites for hydroxylation is 4. The van der Waals surface area contributed by atoms with E-state index in [0.717, 1.165) is 27.0 Å². The molecule has 344 valence electrons. The molecule has 0 radical (unpaired) electrons. The Bertz CT molecular complexity index is 3140. The molecule has 8 rings (SSSR count). The van der Waals surface area contributed by atoms with Crippen LogP contribution in [0.5, 0.6) is 23.0 Å². The van der Waals surface area contributed by atoms with Crippen molar-refractivity contribution in [3.8, 4) is 34.3 Å². The summed E-state index contributed by atoms with van der Waals surface area (Å²) in [4.78, 5) is 44.8. The second kappa shape index (κ2) is 23.0. The van der Waals surface area contributed by atoms with Crippen LogP contribution in [0.3, 0.4) is 0 Å². The molecule has 0 amide bonds. The van der Waals surface area contributed by atoms with Gasteiger partial charge < -0.3 is 24.1 Å². The predicted octanol–water partition coefficient (Wildman–Crippen LogP) is 10.2. The van der Waals surface area contributed by atoms with E-state index in [2.05, 4.69) is 80.0 Å². The average Bonchev–Trinajstić information content (AvgIpc) is 3.31.